The Labute approximate surface area is 220 Å². The van der Waals surface area contributed by atoms with Gasteiger partial charge in [-0.25, -0.2) is 4.79 Å². The molecule has 0 aliphatic carbocycles. The summed E-state index contributed by atoms with van der Waals surface area (Å²) in [5.74, 6) is -2.31. The molecule has 1 fully saturated rings. The zero-order valence-electron chi connectivity index (χ0n) is 20.7. The fourth-order valence-electron chi connectivity index (χ4n) is 4.42. The van der Waals surface area contributed by atoms with Gasteiger partial charge in [0.2, 0.25) is 11.8 Å². The normalized spacial score (nSPS) is 17.6. The van der Waals surface area contributed by atoms with Crippen LogP contribution in [0.1, 0.15) is 16.7 Å². The number of alkyl carbamates (subject to hydrolysis) is 1. The van der Waals surface area contributed by atoms with Gasteiger partial charge in [0, 0.05) is 13.0 Å². The van der Waals surface area contributed by atoms with E-state index in [1.165, 1.54) is 4.90 Å². The number of carbonyl (C=O) groups excluding carboxylic acids is 3. The first-order valence-electron chi connectivity index (χ1n) is 12.3. The highest BCUT2D eigenvalue weighted by Gasteiger charge is 2.42. The van der Waals surface area contributed by atoms with Crippen molar-refractivity contribution in [2.75, 3.05) is 13.1 Å². The van der Waals surface area contributed by atoms with Gasteiger partial charge in [0.1, 0.15) is 25.2 Å². The van der Waals surface area contributed by atoms with Crippen LogP contribution in [0.4, 0.5) is 4.79 Å². The number of amides is 3. The molecule has 0 spiro atoms. The first-order chi connectivity index (χ1) is 18.4. The van der Waals surface area contributed by atoms with Crippen molar-refractivity contribution in [3.8, 4) is 0 Å². The molecular formula is C29H29N3O6. The number of carboxylic acid groups (broad SMARTS) is 1. The molecule has 1 unspecified atom stereocenters. The number of aliphatic carboxylic acids is 1. The van der Waals surface area contributed by atoms with Gasteiger partial charge in [0.25, 0.3) is 0 Å². The SMILES string of the molecule is O=C(O)CN1C(=O)C(NC(=O)OCc2ccccc2)CN(Cc2ccccc2)C(=O)[C@@H]1Cc1ccccc1. The van der Waals surface area contributed by atoms with E-state index in [1.54, 1.807) is 12.1 Å². The lowest BCUT2D eigenvalue weighted by atomic mass is 10.0. The second-order valence-electron chi connectivity index (χ2n) is 9.03. The Morgan fingerprint density at radius 2 is 1.37 bits per heavy atom. The Hall–Kier alpha value is -4.66. The van der Waals surface area contributed by atoms with Gasteiger partial charge in [-0.3, -0.25) is 14.4 Å². The van der Waals surface area contributed by atoms with E-state index in [0.717, 1.165) is 21.6 Å². The molecule has 3 amide bonds. The predicted octanol–water partition coefficient (Wildman–Crippen LogP) is 2.85. The van der Waals surface area contributed by atoms with Crippen molar-refractivity contribution in [1.29, 1.82) is 0 Å². The van der Waals surface area contributed by atoms with Crippen LogP contribution < -0.4 is 5.32 Å². The molecule has 3 aromatic carbocycles. The average molecular weight is 516 g/mol. The number of hydrogen-bond acceptors (Lipinski definition) is 5. The lowest BCUT2D eigenvalue weighted by Crippen LogP contribution is -2.54. The van der Waals surface area contributed by atoms with Crippen molar-refractivity contribution in [1.82, 2.24) is 15.1 Å². The van der Waals surface area contributed by atoms with Gasteiger partial charge in [-0.1, -0.05) is 91.0 Å². The topological polar surface area (TPSA) is 116 Å². The van der Waals surface area contributed by atoms with Crippen molar-refractivity contribution in [3.63, 3.8) is 0 Å². The largest absolute Gasteiger partial charge is 0.480 e. The fraction of sp³-hybridized carbons (Fsp3) is 0.241. The number of carboxylic acids is 1. The Kier molecular flexibility index (Phi) is 8.71. The van der Waals surface area contributed by atoms with E-state index in [4.69, 9.17) is 4.74 Å². The van der Waals surface area contributed by atoms with E-state index in [-0.39, 0.29) is 26.1 Å². The number of carbonyl (C=O) groups is 4. The van der Waals surface area contributed by atoms with Crippen LogP contribution in [-0.4, -0.2) is 64.0 Å². The Bertz CT molecular complexity index is 1250. The van der Waals surface area contributed by atoms with Gasteiger partial charge in [0.15, 0.2) is 0 Å². The predicted molar refractivity (Wildman–Crippen MR) is 139 cm³/mol. The fourth-order valence-corrected chi connectivity index (χ4v) is 4.42. The minimum absolute atomic E-state index is 0.00425. The minimum atomic E-state index is -1.26. The van der Waals surface area contributed by atoms with E-state index < -0.39 is 42.5 Å². The molecule has 1 saturated heterocycles. The van der Waals surface area contributed by atoms with Crippen LogP contribution in [0.25, 0.3) is 0 Å². The lowest BCUT2D eigenvalue weighted by Gasteiger charge is -2.30. The third kappa shape index (κ3) is 6.97. The summed E-state index contributed by atoms with van der Waals surface area (Å²) < 4.78 is 5.30. The second kappa shape index (κ2) is 12.5. The number of ether oxygens (including phenoxy) is 1. The van der Waals surface area contributed by atoms with Gasteiger partial charge in [-0.2, -0.15) is 0 Å². The van der Waals surface area contributed by atoms with Crippen LogP contribution in [0.3, 0.4) is 0 Å². The summed E-state index contributed by atoms with van der Waals surface area (Å²) in [6.45, 7) is -0.626. The average Bonchev–Trinajstić information content (AvgIpc) is 3.01. The molecule has 0 radical (unpaired) electrons. The second-order valence-corrected chi connectivity index (χ2v) is 9.03. The molecule has 38 heavy (non-hydrogen) atoms. The van der Waals surface area contributed by atoms with Gasteiger partial charge < -0.3 is 25.0 Å². The van der Waals surface area contributed by atoms with Gasteiger partial charge in [-0.05, 0) is 16.7 Å². The zero-order valence-corrected chi connectivity index (χ0v) is 20.7. The Balaban J connectivity index is 1.61. The third-order valence-electron chi connectivity index (χ3n) is 6.26. The molecule has 2 N–H and O–H groups in total. The van der Waals surface area contributed by atoms with E-state index in [1.807, 2.05) is 78.9 Å². The monoisotopic (exact) mass is 515 g/mol. The lowest BCUT2D eigenvalue weighted by molar-refractivity contribution is -0.149. The molecule has 0 bridgehead atoms. The third-order valence-corrected chi connectivity index (χ3v) is 6.26. The molecule has 196 valence electrons. The van der Waals surface area contributed by atoms with Crippen LogP contribution in [0.5, 0.6) is 0 Å². The number of nitrogens with zero attached hydrogens (tertiary/aromatic N) is 2. The summed E-state index contributed by atoms with van der Waals surface area (Å²) in [5, 5.41) is 12.2. The van der Waals surface area contributed by atoms with Crippen LogP contribution in [-0.2, 0) is 38.7 Å². The summed E-state index contributed by atoms with van der Waals surface area (Å²) in [4.78, 5) is 54.4. The van der Waals surface area contributed by atoms with Crippen molar-refractivity contribution in [3.05, 3.63) is 108 Å². The maximum absolute atomic E-state index is 13.8. The van der Waals surface area contributed by atoms with E-state index in [2.05, 4.69) is 5.32 Å². The van der Waals surface area contributed by atoms with Crippen LogP contribution in [0, 0.1) is 0 Å². The van der Waals surface area contributed by atoms with Crippen LogP contribution >= 0.6 is 0 Å². The van der Waals surface area contributed by atoms with Gasteiger partial charge >= 0.3 is 12.1 Å². The molecule has 0 saturated carbocycles. The number of nitrogens with one attached hydrogen (secondary N) is 1. The molecule has 1 aliphatic heterocycles. The Morgan fingerprint density at radius 1 is 0.816 bits per heavy atom. The summed E-state index contributed by atoms with van der Waals surface area (Å²) in [5.41, 5.74) is 2.39. The van der Waals surface area contributed by atoms with Crippen LogP contribution in [0.15, 0.2) is 91.0 Å². The molecule has 9 heteroatoms. The molecule has 9 nitrogen and oxygen atoms in total. The standard InChI is InChI=1S/C29H29N3O6/c33-26(34)19-32-25(16-21-10-4-1-5-11-21)28(36)31(17-22-12-6-2-7-13-22)18-24(27(32)35)30-29(37)38-20-23-14-8-3-9-15-23/h1-15,24-25H,16-20H2,(H,30,37)(H,33,34)/t24?,25-/m0/s1. The molecule has 3 aromatic rings. The Morgan fingerprint density at radius 3 is 1.95 bits per heavy atom. The quantitative estimate of drug-likeness (QED) is 0.453. The van der Waals surface area contributed by atoms with Crippen LogP contribution in [0.2, 0.25) is 0 Å². The van der Waals surface area contributed by atoms with Gasteiger partial charge in [-0.15, -0.1) is 0 Å². The van der Waals surface area contributed by atoms with E-state index >= 15 is 0 Å². The number of rotatable bonds is 9. The van der Waals surface area contributed by atoms with Crippen molar-refractivity contribution < 1.29 is 29.0 Å². The maximum Gasteiger partial charge on any atom is 0.408 e. The van der Waals surface area contributed by atoms with Crippen molar-refractivity contribution in [2.45, 2.75) is 31.7 Å². The highest BCUT2D eigenvalue weighted by atomic mass is 16.5. The molecule has 4 rings (SSSR count). The van der Waals surface area contributed by atoms with E-state index in [0.29, 0.717) is 0 Å². The maximum atomic E-state index is 13.8. The number of benzene rings is 3. The van der Waals surface area contributed by atoms with Crippen molar-refractivity contribution in [2.24, 2.45) is 0 Å². The molecule has 2 atom stereocenters. The molecule has 0 aromatic heterocycles. The smallest absolute Gasteiger partial charge is 0.408 e. The zero-order chi connectivity index (χ0) is 26.9. The van der Waals surface area contributed by atoms with Crippen molar-refractivity contribution >= 4 is 23.9 Å². The van der Waals surface area contributed by atoms with E-state index in [9.17, 15) is 24.3 Å². The first kappa shape index (κ1) is 26.4. The number of hydrogen-bond donors (Lipinski definition) is 2. The molecule has 1 aliphatic rings. The molecule has 1 heterocycles. The molecular weight excluding hydrogens is 486 g/mol. The summed E-state index contributed by atoms with van der Waals surface area (Å²) in [6, 6.07) is 25.2. The summed E-state index contributed by atoms with van der Waals surface area (Å²) in [7, 11) is 0. The highest BCUT2D eigenvalue weighted by Crippen LogP contribution is 2.20. The minimum Gasteiger partial charge on any atom is -0.480 e. The first-order valence-corrected chi connectivity index (χ1v) is 12.3. The van der Waals surface area contributed by atoms with Gasteiger partial charge in [0.05, 0.1) is 6.54 Å². The highest BCUT2D eigenvalue weighted by molar-refractivity contribution is 5.96. The summed E-state index contributed by atoms with van der Waals surface area (Å²) >= 11 is 0. The summed E-state index contributed by atoms with van der Waals surface area (Å²) in [6.07, 6.45) is -0.703.